The summed E-state index contributed by atoms with van der Waals surface area (Å²) in [5.74, 6) is -1.29. The first-order valence-electron chi connectivity index (χ1n) is 6.17. The van der Waals surface area contributed by atoms with Crippen molar-refractivity contribution in [3.8, 4) is 0 Å². The Balaban J connectivity index is 2.64. The Kier molecular flexibility index (Phi) is 5.44. The Labute approximate surface area is 120 Å². The van der Waals surface area contributed by atoms with Gasteiger partial charge in [-0.15, -0.1) is 0 Å². The van der Waals surface area contributed by atoms with Crippen molar-refractivity contribution in [1.29, 1.82) is 0 Å². The van der Waals surface area contributed by atoms with Gasteiger partial charge < -0.3 is 10.4 Å². The summed E-state index contributed by atoms with van der Waals surface area (Å²) in [6.07, 6.45) is -0.0720. The molecular formula is C14H19NO4S. The fourth-order valence-electron chi connectivity index (χ4n) is 1.59. The van der Waals surface area contributed by atoms with Gasteiger partial charge in [0.15, 0.2) is 0 Å². The first-order chi connectivity index (χ1) is 9.17. The number of carbonyl (C=O) groups is 2. The Morgan fingerprint density at radius 3 is 2.20 bits per heavy atom. The topological polar surface area (TPSA) is 83.5 Å². The van der Waals surface area contributed by atoms with E-state index < -0.39 is 16.8 Å². The van der Waals surface area contributed by atoms with Gasteiger partial charge in [-0.05, 0) is 38.5 Å². The van der Waals surface area contributed by atoms with Crippen LogP contribution in [0.2, 0.25) is 0 Å². The van der Waals surface area contributed by atoms with Gasteiger partial charge in [-0.3, -0.25) is 13.8 Å². The molecule has 6 heteroatoms. The van der Waals surface area contributed by atoms with E-state index in [0.29, 0.717) is 10.5 Å². The van der Waals surface area contributed by atoms with Crippen LogP contribution in [0, 0.1) is 0 Å². The lowest BCUT2D eigenvalue weighted by Crippen LogP contribution is -2.42. The zero-order valence-electron chi connectivity index (χ0n) is 11.8. The van der Waals surface area contributed by atoms with Gasteiger partial charge >= 0.3 is 5.97 Å². The molecule has 1 aromatic carbocycles. The second-order valence-corrected chi connectivity index (χ2v) is 6.95. The molecule has 0 radical (unpaired) electrons. The third kappa shape index (κ3) is 5.97. The summed E-state index contributed by atoms with van der Waals surface area (Å²) in [6, 6.07) is 6.42. The van der Waals surface area contributed by atoms with Crippen molar-refractivity contribution >= 4 is 22.7 Å². The molecule has 0 saturated carbocycles. The van der Waals surface area contributed by atoms with Crippen LogP contribution in [0.5, 0.6) is 0 Å². The molecule has 5 nitrogen and oxygen atoms in total. The molecule has 1 unspecified atom stereocenters. The molecule has 1 aromatic rings. The number of benzene rings is 1. The van der Waals surface area contributed by atoms with E-state index in [2.05, 4.69) is 5.32 Å². The largest absolute Gasteiger partial charge is 0.481 e. The second-order valence-electron chi connectivity index (χ2n) is 5.50. The van der Waals surface area contributed by atoms with Gasteiger partial charge in [0.1, 0.15) is 5.75 Å². The molecule has 0 fully saturated rings. The molecule has 0 aliphatic rings. The van der Waals surface area contributed by atoms with Gasteiger partial charge in [0.2, 0.25) is 5.91 Å². The Morgan fingerprint density at radius 2 is 1.75 bits per heavy atom. The molecule has 20 heavy (non-hydrogen) atoms. The highest BCUT2D eigenvalue weighted by atomic mass is 32.2. The fourth-order valence-corrected chi connectivity index (χ4v) is 2.51. The smallest absolute Gasteiger partial charge is 0.307 e. The number of hydrogen-bond donors (Lipinski definition) is 2. The normalized spacial score (nSPS) is 12.8. The number of carboxylic acids is 1. The van der Waals surface area contributed by atoms with Crippen LogP contribution >= 0.6 is 0 Å². The Hall–Kier alpha value is -1.69. The molecule has 1 rings (SSSR count). The van der Waals surface area contributed by atoms with Crippen LogP contribution in [0.1, 0.15) is 26.3 Å². The van der Waals surface area contributed by atoms with Crippen molar-refractivity contribution < 1.29 is 18.9 Å². The molecule has 1 amide bonds. The number of aliphatic carboxylic acids is 1. The molecule has 0 saturated heterocycles. The van der Waals surface area contributed by atoms with Crippen LogP contribution in [-0.2, 0) is 26.8 Å². The number of rotatable bonds is 5. The minimum Gasteiger partial charge on any atom is -0.481 e. The van der Waals surface area contributed by atoms with Gasteiger partial charge in [-0.2, -0.15) is 0 Å². The SMILES string of the molecule is CC(C)(C)NC(=O)CS(=O)c1ccc(CC(=O)O)cc1. The lowest BCUT2D eigenvalue weighted by Gasteiger charge is -2.20. The Morgan fingerprint density at radius 1 is 1.20 bits per heavy atom. The van der Waals surface area contributed by atoms with Crippen molar-refractivity contribution in [2.75, 3.05) is 5.75 Å². The lowest BCUT2D eigenvalue weighted by atomic mass is 10.1. The van der Waals surface area contributed by atoms with Crippen LogP contribution < -0.4 is 5.32 Å². The van der Waals surface area contributed by atoms with E-state index in [0.717, 1.165) is 0 Å². The van der Waals surface area contributed by atoms with Gasteiger partial charge in [0.25, 0.3) is 0 Å². The van der Waals surface area contributed by atoms with E-state index >= 15 is 0 Å². The van der Waals surface area contributed by atoms with Crippen LogP contribution in [-0.4, -0.2) is 32.5 Å². The average Bonchev–Trinajstić information content (AvgIpc) is 2.26. The summed E-state index contributed by atoms with van der Waals surface area (Å²) >= 11 is 0. The predicted molar refractivity (Wildman–Crippen MR) is 77.0 cm³/mol. The van der Waals surface area contributed by atoms with Gasteiger partial charge in [-0.25, -0.2) is 0 Å². The molecule has 0 aromatic heterocycles. The number of carbonyl (C=O) groups excluding carboxylic acids is 1. The first kappa shape index (κ1) is 16.4. The minimum absolute atomic E-state index is 0.0720. The Bertz CT molecular complexity index is 517. The molecular weight excluding hydrogens is 278 g/mol. The predicted octanol–water partition coefficient (Wildman–Crippen LogP) is 1.34. The number of carboxylic acid groups (broad SMARTS) is 1. The molecule has 2 N–H and O–H groups in total. The highest BCUT2D eigenvalue weighted by molar-refractivity contribution is 7.85. The average molecular weight is 297 g/mol. The zero-order chi connectivity index (χ0) is 15.3. The van der Waals surface area contributed by atoms with Crippen LogP contribution in [0.15, 0.2) is 29.2 Å². The third-order valence-electron chi connectivity index (χ3n) is 2.32. The molecule has 110 valence electrons. The molecule has 0 aliphatic carbocycles. The van der Waals surface area contributed by atoms with E-state index in [1.807, 2.05) is 20.8 Å². The van der Waals surface area contributed by atoms with E-state index in [9.17, 15) is 13.8 Å². The van der Waals surface area contributed by atoms with Gasteiger partial charge in [0, 0.05) is 10.4 Å². The summed E-state index contributed by atoms with van der Waals surface area (Å²) in [7, 11) is -1.43. The molecule has 0 heterocycles. The highest BCUT2D eigenvalue weighted by Gasteiger charge is 2.16. The summed E-state index contributed by atoms with van der Waals surface area (Å²) in [6.45, 7) is 5.57. The molecule has 0 aliphatic heterocycles. The standard InChI is InChI=1S/C14H19NO4S/c1-14(2,3)15-12(16)9-20(19)11-6-4-10(5-7-11)8-13(17)18/h4-7H,8-9H2,1-3H3,(H,15,16)(H,17,18). The van der Waals surface area contributed by atoms with E-state index in [4.69, 9.17) is 5.11 Å². The second kappa shape index (κ2) is 6.65. The van der Waals surface area contributed by atoms with Crippen LogP contribution in [0.4, 0.5) is 0 Å². The summed E-state index contributed by atoms with van der Waals surface area (Å²) in [5, 5.41) is 11.4. The summed E-state index contributed by atoms with van der Waals surface area (Å²) in [5.41, 5.74) is 0.282. The van der Waals surface area contributed by atoms with Gasteiger partial charge in [0.05, 0.1) is 17.2 Å². The van der Waals surface area contributed by atoms with Gasteiger partial charge in [-0.1, -0.05) is 12.1 Å². The highest BCUT2D eigenvalue weighted by Crippen LogP contribution is 2.10. The monoisotopic (exact) mass is 297 g/mol. The van der Waals surface area contributed by atoms with Crippen molar-refractivity contribution in [2.45, 2.75) is 37.6 Å². The quantitative estimate of drug-likeness (QED) is 0.859. The fraction of sp³-hybridized carbons (Fsp3) is 0.429. The van der Waals surface area contributed by atoms with Crippen molar-refractivity contribution in [1.82, 2.24) is 5.32 Å². The molecule has 1 atom stereocenters. The maximum atomic E-state index is 12.0. The van der Waals surface area contributed by atoms with E-state index in [1.165, 1.54) is 0 Å². The van der Waals surface area contributed by atoms with Crippen LogP contribution in [0.25, 0.3) is 0 Å². The minimum atomic E-state index is -1.43. The summed E-state index contributed by atoms with van der Waals surface area (Å²) in [4.78, 5) is 22.7. The molecule has 0 bridgehead atoms. The summed E-state index contributed by atoms with van der Waals surface area (Å²) < 4.78 is 12.0. The molecule has 0 spiro atoms. The zero-order valence-corrected chi connectivity index (χ0v) is 12.6. The van der Waals surface area contributed by atoms with Crippen molar-refractivity contribution in [3.63, 3.8) is 0 Å². The number of hydrogen-bond acceptors (Lipinski definition) is 3. The maximum absolute atomic E-state index is 12.0. The first-order valence-corrected chi connectivity index (χ1v) is 7.49. The lowest BCUT2D eigenvalue weighted by molar-refractivity contribution is -0.136. The number of amides is 1. The van der Waals surface area contributed by atoms with Crippen molar-refractivity contribution in [2.24, 2.45) is 0 Å². The number of nitrogens with one attached hydrogen (secondary N) is 1. The van der Waals surface area contributed by atoms with Crippen molar-refractivity contribution in [3.05, 3.63) is 29.8 Å². The van der Waals surface area contributed by atoms with Crippen LogP contribution in [0.3, 0.4) is 0 Å². The van der Waals surface area contributed by atoms with E-state index in [1.54, 1.807) is 24.3 Å². The van der Waals surface area contributed by atoms with E-state index in [-0.39, 0.29) is 23.6 Å². The maximum Gasteiger partial charge on any atom is 0.307 e. The third-order valence-corrected chi connectivity index (χ3v) is 3.64.